The average molecular weight is 410 g/mol. The van der Waals surface area contributed by atoms with Gasteiger partial charge in [0.25, 0.3) is 0 Å². The van der Waals surface area contributed by atoms with Crippen LogP contribution >= 0.6 is 0 Å². The third kappa shape index (κ3) is 3.09. The van der Waals surface area contributed by atoms with E-state index in [1.54, 1.807) is 11.2 Å². The first-order valence-electron chi connectivity index (χ1n) is 10.1. The molecule has 1 amide bonds. The molecule has 0 radical (unpaired) electrons. The molecule has 2 aliphatic heterocycles. The number of aliphatic imine (C=N–C) groups is 3. The van der Waals surface area contributed by atoms with Crippen molar-refractivity contribution in [3.8, 4) is 0 Å². The van der Waals surface area contributed by atoms with Crippen LogP contribution in [0, 0.1) is 6.92 Å². The number of rotatable bonds is 5. The zero-order valence-electron chi connectivity index (χ0n) is 17.2. The molecule has 3 aromatic rings. The zero-order valence-corrected chi connectivity index (χ0v) is 17.2. The summed E-state index contributed by atoms with van der Waals surface area (Å²) in [5.41, 5.74) is 4.27. The van der Waals surface area contributed by atoms with E-state index in [1.165, 1.54) is 11.9 Å². The summed E-state index contributed by atoms with van der Waals surface area (Å²) in [5.74, 6) is 1.24. The highest BCUT2D eigenvalue weighted by atomic mass is 16.2. The molecule has 154 valence electrons. The summed E-state index contributed by atoms with van der Waals surface area (Å²) in [6, 6.07) is 16.3. The quantitative estimate of drug-likeness (QED) is 0.650. The number of aryl methyl sites for hydroxylation is 1. The summed E-state index contributed by atoms with van der Waals surface area (Å²) in [6.07, 6.45) is 3.37. The second kappa shape index (κ2) is 7.43. The lowest BCUT2D eigenvalue weighted by Crippen LogP contribution is -2.39. The molecule has 1 fully saturated rings. The Hall–Kier alpha value is -3.87. The second-order valence-corrected chi connectivity index (χ2v) is 7.92. The molecule has 7 nitrogen and oxygen atoms in total. The highest BCUT2D eigenvalue weighted by Crippen LogP contribution is 2.46. The van der Waals surface area contributed by atoms with Gasteiger partial charge in [-0.3, -0.25) is 14.7 Å². The molecule has 7 heteroatoms. The van der Waals surface area contributed by atoms with Crippen LogP contribution in [-0.4, -0.2) is 39.7 Å². The van der Waals surface area contributed by atoms with E-state index in [4.69, 9.17) is 0 Å². The van der Waals surface area contributed by atoms with Crippen LogP contribution in [0.2, 0.25) is 0 Å². The van der Waals surface area contributed by atoms with E-state index in [0.717, 1.165) is 22.4 Å². The first-order chi connectivity index (χ1) is 15.1. The minimum absolute atomic E-state index is 0.0204. The van der Waals surface area contributed by atoms with Gasteiger partial charge in [0.15, 0.2) is 5.82 Å². The fourth-order valence-electron chi connectivity index (χ4n) is 4.41. The van der Waals surface area contributed by atoms with Crippen LogP contribution in [0.3, 0.4) is 0 Å². The van der Waals surface area contributed by atoms with Crippen LogP contribution in [0.4, 0.5) is 5.82 Å². The lowest BCUT2D eigenvalue weighted by Gasteiger charge is -2.29. The highest BCUT2D eigenvalue weighted by Gasteiger charge is 2.54. The van der Waals surface area contributed by atoms with Gasteiger partial charge in [0.2, 0.25) is 5.91 Å². The van der Waals surface area contributed by atoms with Crippen molar-refractivity contribution < 1.29 is 4.79 Å². The summed E-state index contributed by atoms with van der Waals surface area (Å²) in [4.78, 5) is 35.8. The van der Waals surface area contributed by atoms with E-state index in [2.05, 4.69) is 43.8 Å². The Bertz CT molecular complexity index is 1210. The van der Waals surface area contributed by atoms with Crippen LogP contribution < -0.4 is 0 Å². The number of carbonyl (C=O) groups excluding carboxylic acids is 1. The number of aromatic nitrogens is 2. The SMILES string of the molecule is C=NCc1ccc(C23CC(=O)N(Cc4ccc(C)cc4)C2=NC=Nc2nc[nH]c23)cc1. The molecule has 1 atom stereocenters. The van der Waals surface area contributed by atoms with Gasteiger partial charge < -0.3 is 4.98 Å². The Labute approximate surface area is 180 Å². The number of carbonyl (C=O) groups is 1. The monoisotopic (exact) mass is 410 g/mol. The Morgan fingerprint density at radius 2 is 1.87 bits per heavy atom. The van der Waals surface area contributed by atoms with Crippen molar-refractivity contribution in [1.82, 2.24) is 14.9 Å². The van der Waals surface area contributed by atoms with Gasteiger partial charge in [0.1, 0.15) is 17.6 Å². The number of nitrogens with one attached hydrogen (secondary N) is 1. The Morgan fingerprint density at radius 3 is 2.61 bits per heavy atom. The van der Waals surface area contributed by atoms with Crippen molar-refractivity contribution in [1.29, 1.82) is 0 Å². The molecule has 1 unspecified atom stereocenters. The molecule has 1 N–H and O–H groups in total. The molecule has 1 aromatic heterocycles. The smallest absolute Gasteiger partial charge is 0.230 e. The molecule has 0 aliphatic carbocycles. The normalized spacial score (nSPS) is 19.6. The fraction of sp³-hybridized carbons (Fsp3) is 0.208. The minimum atomic E-state index is -0.774. The first-order valence-corrected chi connectivity index (χ1v) is 10.1. The van der Waals surface area contributed by atoms with Crippen molar-refractivity contribution in [2.24, 2.45) is 15.0 Å². The van der Waals surface area contributed by atoms with Crippen LogP contribution in [0.1, 0.15) is 34.4 Å². The largest absolute Gasteiger partial charge is 0.345 e. The number of hydrogen-bond donors (Lipinski definition) is 1. The molecule has 31 heavy (non-hydrogen) atoms. The van der Waals surface area contributed by atoms with Gasteiger partial charge in [-0.2, -0.15) is 0 Å². The highest BCUT2D eigenvalue weighted by molar-refractivity contribution is 6.16. The molecule has 0 spiro atoms. The van der Waals surface area contributed by atoms with E-state index in [0.29, 0.717) is 24.7 Å². The third-order valence-corrected chi connectivity index (χ3v) is 5.96. The summed E-state index contributed by atoms with van der Waals surface area (Å²) >= 11 is 0. The van der Waals surface area contributed by atoms with Crippen LogP contribution in [0.25, 0.3) is 0 Å². The molecule has 1 saturated heterocycles. The number of hydrogen-bond acceptors (Lipinski definition) is 5. The number of likely N-dealkylation sites (tertiary alicyclic amines) is 1. The maximum atomic E-state index is 13.3. The molecule has 2 aliphatic rings. The van der Waals surface area contributed by atoms with Gasteiger partial charge in [-0.05, 0) is 30.3 Å². The number of aromatic amines is 1. The maximum Gasteiger partial charge on any atom is 0.230 e. The summed E-state index contributed by atoms with van der Waals surface area (Å²) < 4.78 is 0. The van der Waals surface area contributed by atoms with Crippen LogP contribution in [0.5, 0.6) is 0 Å². The lowest BCUT2D eigenvalue weighted by atomic mass is 9.75. The molecule has 2 aromatic carbocycles. The molecule has 3 heterocycles. The number of amidine groups is 1. The maximum absolute atomic E-state index is 13.3. The average Bonchev–Trinajstić information content (AvgIpc) is 3.31. The number of amides is 1. The van der Waals surface area contributed by atoms with Gasteiger partial charge >= 0.3 is 0 Å². The Balaban J connectivity index is 1.63. The number of imidazole rings is 1. The Kier molecular flexibility index (Phi) is 4.58. The second-order valence-electron chi connectivity index (χ2n) is 7.92. The topological polar surface area (TPSA) is 86.1 Å². The van der Waals surface area contributed by atoms with Gasteiger partial charge in [-0.15, -0.1) is 0 Å². The van der Waals surface area contributed by atoms with Gasteiger partial charge in [-0.1, -0.05) is 54.1 Å². The summed E-state index contributed by atoms with van der Waals surface area (Å²) in [7, 11) is 0. The number of H-pyrrole nitrogens is 1. The first kappa shape index (κ1) is 19.1. The van der Waals surface area contributed by atoms with Crippen molar-refractivity contribution >= 4 is 30.6 Å². The standard InChI is InChI=1S/C24H22N6O/c1-16-3-5-18(6-4-16)13-30-20(31)11-24(19-9-7-17(8-10-19)12-25-2)21-22(27-14-26-21)28-15-29-23(24)30/h3-10,14-15H,2,11-13H2,1H3,(H,26,27). The Morgan fingerprint density at radius 1 is 1.13 bits per heavy atom. The van der Waals surface area contributed by atoms with Crippen molar-refractivity contribution in [2.45, 2.75) is 31.8 Å². The third-order valence-electron chi connectivity index (χ3n) is 5.96. The molecular weight excluding hydrogens is 388 g/mol. The van der Waals surface area contributed by atoms with E-state index >= 15 is 0 Å². The molecule has 0 bridgehead atoms. The van der Waals surface area contributed by atoms with Crippen molar-refractivity contribution in [3.63, 3.8) is 0 Å². The van der Waals surface area contributed by atoms with E-state index in [9.17, 15) is 4.79 Å². The zero-order chi connectivity index (χ0) is 21.4. The summed E-state index contributed by atoms with van der Waals surface area (Å²) in [5, 5.41) is 0. The fourth-order valence-corrected chi connectivity index (χ4v) is 4.41. The van der Waals surface area contributed by atoms with Crippen molar-refractivity contribution in [2.75, 3.05) is 0 Å². The number of fused-ring (bicyclic) bond motifs is 3. The molecule has 5 rings (SSSR count). The van der Waals surface area contributed by atoms with Gasteiger partial charge in [0, 0.05) is 6.42 Å². The minimum Gasteiger partial charge on any atom is -0.345 e. The predicted molar refractivity (Wildman–Crippen MR) is 121 cm³/mol. The van der Waals surface area contributed by atoms with E-state index in [1.807, 2.05) is 43.3 Å². The lowest BCUT2D eigenvalue weighted by molar-refractivity contribution is -0.126. The number of benzene rings is 2. The number of nitrogens with zero attached hydrogens (tertiary/aromatic N) is 5. The van der Waals surface area contributed by atoms with Gasteiger partial charge in [-0.25, -0.2) is 15.0 Å². The molecule has 0 saturated carbocycles. The van der Waals surface area contributed by atoms with E-state index in [-0.39, 0.29) is 12.3 Å². The van der Waals surface area contributed by atoms with Gasteiger partial charge in [0.05, 0.1) is 25.1 Å². The van der Waals surface area contributed by atoms with Crippen molar-refractivity contribution in [3.05, 3.63) is 82.8 Å². The van der Waals surface area contributed by atoms with Crippen LogP contribution in [-0.2, 0) is 23.3 Å². The predicted octanol–water partition coefficient (Wildman–Crippen LogP) is 3.71. The summed E-state index contributed by atoms with van der Waals surface area (Å²) in [6.45, 7) is 6.62. The van der Waals surface area contributed by atoms with E-state index < -0.39 is 5.41 Å². The molecular formula is C24H22N6O. The van der Waals surface area contributed by atoms with Crippen LogP contribution in [0.15, 0.2) is 69.8 Å².